The fourth-order valence-corrected chi connectivity index (χ4v) is 6.53. The van der Waals surface area contributed by atoms with Crippen LogP contribution in [0, 0.1) is 27.7 Å². The van der Waals surface area contributed by atoms with E-state index in [9.17, 15) is 19.8 Å². The molecule has 0 spiro atoms. The number of carbonyl (C=O) groups is 2. The van der Waals surface area contributed by atoms with Crippen molar-refractivity contribution in [2.75, 3.05) is 13.2 Å². The van der Waals surface area contributed by atoms with Crippen molar-refractivity contribution < 1.29 is 38.7 Å². The molecule has 1 aliphatic rings. The number of hydrogen-bond acceptors (Lipinski definition) is 8. The van der Waals surface area contributed by atoms with Gasteiger partial charge >= 0.3 is 11.9 Å². The minimum absolute atomic E-state index is 0.0149. The van der Waals surface area contributed by atoms with E-state index in [4.69, 9.17) is 18.9 Å². The summed E-state index contributed by atoms with van der Waals surface area (Å²) in [6.07, 6.45) is 0.629. The molecule has 8 heteroatoms. The number of esters is 2. The van der Waals surface area contributed by atoms with Crippen LogP contribution in [0.2, 0.25) is 0 Å². The lowest BCUT2D eigenvalue weighted by molar-refractivity contribution is -0.129. The molecule has 0 bridgehead atoms. The van der Waals surface area contributed by atoms with Gasteiger partial charge in [-0.15, -0.1) is 0 Å². The van der Waals surface area contributed by atoms with Crippen molar-refractivity contribution in [1.82, 2.24) is 0 Å². The Balaban J connectivity index is 2.05. The fraction of sp³-hybridized carbons (Fsp3) is 0.268. The molecule has 0 heterocycles. The van der Waals surface area contributed by atoms with E-state index in [0.717, 1.165) is 34.4 Å². The number of carbonyl (C=O) groups excluding carboxylic acids is 2. The van der Waals surface area contributed by atoms with Crippen LogP contribution in [0.4, 0.5) is 0 Å². The second kappa shape index (κ2) is 14.1. The molecule has 5 rings (SSSR count). The van der Waals surface area contributed by atoms with Crippen molar-refractivity contribution >= 4 is 11.9 Å². The normalized spacial score (nSPS) is 13.8. The summed E-state index contributed by atoms with van der Waals surface area (Å²) < 4.78 is 24.7. The molecular formula is C41H42O8. The average Bonchev–Trinajstić information content (AvgIpc) is 3.38. The molecule has 2 unspecified atom stereocenters. The van der Waals surface area contributed by atoms with Gasteiger partial charge in [0.15, 0.2) is 0 Å². The monoisotopic (exact) mass is 662 g/mol. The highest BCUT2D eigenvalue weighted by molar-refractivity contribution is 5.90. The molecule has 8 nitrogen and oxygen atoms in total. The first-order valence-electron chi connectivity index (χ1n) is 16.2. The number of ether oxygens (including phenoxy) is 4. The first-order chi connectivity index (χ1) is 23.4. The van der Waals surface area contributed by atoms with Gasteiger partial charge in [-0.3, -0.25) is 0 Å². The summed E-state index contributed by atoms with van der Waals surface area (Å²) >= 11 is 0. The van der Waals surface area contributed by atoms with Gasteiger partial charge < -0.3 is 29.2 Å². The zero-order chi connectivity index (χ0) is 35.6. The molecule has 4 aromatic carbocycles. The summed E-state index contributed by atoms with van der Waals surface area (Å²) in [5.74, 6) is 0.310. The maximum absolute atomic E-state index is 12.7. The molecule has 0 aromatic heterocycles. The molecule has 1 aliphatic carbocycles. The average molecular weight is 663 g/mol. The fourth-order valence-electron chi connectivity index (χ4n) is 6.53. The van der Waals surface area contributed by atoms with Gasteiger partial charge in [0.2, 0.25) is 0 Å². The lowest BCUT2D eigenvalue weighted by Gasteiger charge is -2.38. The van der Waals surface area contributed by atoms with Gasteiger partial charge in [-0.05, 0) is 98.2 Å². The Bertz CT molecular complexity index is 1810. The zero-order valence-electron chi connectivity index (χ0n) is 28.8. The molecule has 0 amide bonds. The van der Waals surface area contributed by atoms with Crippen LogP contribution in [0.3, 0.4) is 0 Å². The number of hydrogen-bond donors (Lipinski definition) is 2. The van der Waals surface area contributed by atoms with E-state index in [2.05, 4.69) is 13.2 Å². The molecule has 0 fully saturated rings. The summed E-state index contributed by atoms with van der Waals surface area (Å²) in [5.41, 5.74) is 6.34. The summed E-state index contributed by atoms with van der Waals surface area (Å²) in [4.78, 5) is 25.4. The Morgan fingerprint density at radius 3 is 1.37 bits per heavy atom. The Morgan fingerprint density at radius 2 is 1.02 bits per heavy atom. The van der Waals surface area contributed by atoms with E-state index in [1.165, 1.54) is 0 Å². The molecule has 254 valence electrons. The number of fused-ring (bicyclic) bond motifs is 3. The number of aliphatic hydroxyl groups excluding tert-OH is 2. The Morgan fingerprint density at radius 1 is 0.653 bits per heavy atom. The van der Waals surface area contributed by atoms with E-state index < -0.39 is 29.6 Å². The van der Waals surface area contributed by atoms with Gasteiger partial charge in [-0.1, -0.05) is 61.7 Å². The predicted octanol–water partition coefficient (Wildman–Crippen LogP) is 6.99. The van der Waals surface area contributed by atoms with Crippen molar-refractivity contribution in [3.8, 4) is 34.1 Å². The number of rotatable bonds is 12. The van der Waals surface area contributed by atoms with Crippen LogP contribution in [0.15, 0.2) is 86.0 Å². The molecular weight excluding hydrogens is 620 g/mol. The SMILES string of the molecule is C=CC(=O)Oc1cc(C2(c3cc(OC(=O)C=C)c(C)c(C)c3OCC(C)O)c3ccccc3-c3ccccc32)c(OCC(C)O)c(C)c1C. The van der Waals surface area contributed by atoms with Crippen molar-refractivity contribution in [3.63, 3.8) is 0 Å². The second-order valence-corrected chi connectivity index (χ2v) is 12.4. The summed E-state index contributed by atoms with van der Waals surface area (Å²) in [6, 6.07) is 19.6. The quantitative estimate of drug-likeness (QED) is 0.0836. The van der Waals surface area contributed by atoms with Gasteiger partial charge in [-0.2, -0.15) is 0 Å². The zero-order valence-corrected chi connectivity index (χ0v) is 28.8. The van der Waals surface area contributed by atoms with Crippen LogP contribution in [0.5, 0.6) is 23.0 Å². The Hall–Kier alpha value is -5.18. The van der Waals surface area contributed by atoms with Crippen LogP contribution in [0.25, 0.3) is 11.1 Å². The van der Waals surface area contributed by atoms with E-state index >= 15 is 0 Å². The van der Waals surface area contributed by atoms with E-state index in [0.29, 0.717) is 56.4 Å². The predicted molar refractivity (Wildman–Crippen MR) is 189 cm³/mol. The lowest BCUT2D eigenvalue weighted by atomic mass is 9.66. The smallest absolute Gasteiger partial charge is 0.335 e. The molecule has 0 saturated carbocycles. The minimum Gasteiger partial charge on any atom is -0.490 e. The third-order valence-electron chi connectivity index (χ3n) is 9.04. The van der Waals surface area contributed by atoms with Crippen LogP contribution in [-0.4, -0.2) is 47.6 Å². The molecule has 0 radical (unpaired) electrons. The maximum Gasteiger partial charge on any atom is 0.335 e. The molecule has 4 aromatic rings. The largest absolute Gasteiger partial charge is 0.490 e. The maximum atomic E-state index is 12.7. The van der Waals surface area contributed by atoms with E-state index in [-0.39, 0.29) is 13.2 Å². The molecule has 2 N–H and O–H groups in total. The first-order valence-corrected chi connectivity index (χ1v) is 16.2. The van der Waals surface area contributed by atoms with Gasteiger partial charge in [0.25, 0.3) is 0 Å². The van der Waals surface area contributed by atoms with E-state index in [1.807, 2.05) is 76.2 Å². The molecule has 2 atom stereocenters. The van der Waals surface area contributed by atoms with Crippen molar-refractivity contribution in [3.05, 3.63) is 130 Å². The second-order valence-electron chi connectivity index (χ2n) is 12.4. The first kappa shape index (κ1) is 35.1. The molecule has 0 saturated heterocycles. The summed E-state index contributed by atoms with van der Waals surface area (Å²) in [7, 11) is 0. The van der Waals surface area contributed by atoms with Gasteiger partial charge in [0.1, 0.15) is 36.2 Å². The summed E-state index contributed by atoms with van der Waals surface area (Å²) in [6.45, 7) is 17.9. The Kier molecular flexibility index (Phi) is 10.1. The van der Waals surface area contributed by atoms with Crippen LogP contribution in [0.1, 0.15) is 58.4 Å². The minimum atomic E-state index is -1.23. The van der Waals surface area contributed by atoms with Gasteiger partial charge in [0, 0.05) is 23.3 Å². The van der Waals surface area contributed by atoms with Crippen molar-refractivity contribution in [2.45, 2.75) is 59.2 Å². The molecule has 49 heavy (non-hydrogen) atoms. The van der Waals surface area contributed by atoms with Crippen molar-refractivity contribution in [1.29, 1.82) is 0 Å². The van der Waals surface area contributed by atoms with Crippen LogP contribution >= 0.6 is 0 Å². The van der Waals surface area contributed by atoms with E-state index in [1.54, 1.807) is 26.0 Å². The third-order valence-corrected chi connectivity index (χ3v) is 9.04. The highest BCUT2D eigenvalue weighted by Crippen LogP contribution is 2.61. The highest BCUT2D eigenvalue weighted by Gasteiger charge is 2.50. The van der Waals surface area contributed by atoms with Crippen molar-refractivity contribution in [2.24, 2.45) is 0 Å². The Labute approximate surface area is 287 Å². The number of benzene rings is 4. The highest BCUT2D eigenvalue weighted by atomic mass is 16.5. The van der Waals surface area contributed by atoms with Gasteiger partial charge in [0.05, 0.1) is 17.6 Å². The van der Waals surface area contributed by atoms with Gasteiger partial charge in [-0.25, -0.2) is 9.59 Å². The topological polar surface area (TPSA) is 112 Å². The summed E-state index contributed by atoms with van der Waals surface area (Å²) in [5, 5.41) is 20.8. The molecule has 0 aliphatic heterocycles. The standard InChI is InChI=1S/C41H42O8/c1-9-37(44)48-35-19-33(39(27(7)25(35)5)46-21-23(3)42)41(31-17-13-11-15-29(31)30-16-12-14-18-32(30)41)34-20-36(49-38(45)10-2)26(6)28(8)40(34)47-22-24(4)43/h9-20,23-24,42-43H,1-2,21-22H2,3-8H3. The third kappa shape index (κ3) is 6.25. The lowest BCUT2D eigenvalue weighted by Crippen LogP contribution is -2.32. The van der Waals surface area contributed by atoms with Crippen LogP contribution in [-0.2, 0) is 15.0 Å². The van der Waals surface area contributed by atoms with Crippen LogP contribution < -0.4 is 18.9 Å². The number of aliphatic hydroxyl groups is 2.